The summed E-state index contributed by atoms with van der Waals surface area (Å²) in [5.41, 5.74) is 4.86. The lowest BCUT2D eigenvalue weighted by molar-refractivity contribution is 1.10. The summed E-state index contributed by atoms with van der Waals surface area (Å²) in [6.45, 7) is 2.92. The number of nitrogens with one attached hydrogen (secondary N) is 1. The number of halogens is 1. The number of rotatable bonds is 4. The van der Waals surface area contributed by atoms with Crippen molar-refractivity contribution in [3.8, 4) is 0 Å². The fourth-order valence-electron chi connectivity index (χ4n) is 2.01. The molecule has 0 aliphatic carbocycles. The summed E-state index contributed by atoms with van der Waals surface area (Å²) in [6, 6.07) is 14.3. The molecule has 2 nitrogen and oxygen atoms in total. The Bertz CT molecular complexity index is 547. The van der Waals surface area contributed by atoms with Crippen LogP contribution in [0.25, 0.3) is 0 Å². The van der Waals surface area contributed by atoms with Gasteiger partial charge in [-0.1, -0.05) is 29.8 Å². The van der Waals surface area contributed by atoms with E-state index in [0.717, 1.165) is 17.3 Å². The zero-order valence-electron chi connectivity index (χ0n) is 11.6. The molecule has 2 aromatic carbocycles. The molecular weight excluding hydrogens is 256 g/mol. The van der Waals surface area contributed by atoms with E-state index in [0.29, 0.717) is 0 Å². The van der Waals surface area contributed by atoms with Gasteiger partial charge in [-0.3, -0.25) is 0 Å². The Morgan fingerprint density at radius 1 is 1.05 bits per heavy atom. The zero-order chi connectivity index (χ0) is 13.8. The van der Waals surface area contributed by atoms with Gasteiger partial charge in [0.2, 0.25) is 0 Å². The molecule has 0 bridgehead atoms. The standard InChI is InChI=1S/C16H19ClN2/c1-12-4-9-15(10-16(12)19(2)3)18-11-13-5-7-14(17)8-6-13/h4-10,18H,11H2,1-3H3. The monoisotopic (exact) mass is 274 g/mol. The zero-order valence-corrected chi connectivity index (χ0v) is 12.3. The first kappa shape index (κ1) is 13.8. The van der Waals surface area contributed by atoms with Crippen LogP contribution in [0.5, 0.6) is 0 Å². The summed E-state index contributed by atoms with van der Waals surface area (Å²) in [7, 11) is 4.12. The first-order valence-electron chi connectivity index (χ1n) is 6.32. The summed E-state index contributed by atoms with van der Waals surface area (Å²) in [6.07, 6.45) is 0. The maximum atomic E-state index is 5.88. The lowest BCUT2D eigenvalue weighted by Crippen LogP contribution is -2.10. The minimum atomic E-state index is 0.772. The molecule has 19 heavy (non-hydrogen) atoms. The lowest BCUT2D eigenvalue weighted by atomic mass is 10.1. The van der Waals surface area contributed by atoms with Crippen molar-refractivity contribution in [2.45, 2.75) is 13.5 Å². The molecule has 0 heterocycles. The van der Waals surface area contributed by atoms with E-state index in [4.69, 9.17) is 11.6 Å². The van der Waals surface area contributed by atoms with Crippen molar-refractivity contribution in [1.82, 2.24) is 0 Å². The Kier molecular flexibility index (Phi) is 4.33. The van der Waals surface area contributed by atoms with Crippen molar-refractivity contribution in [3.63, 3.8) is 0 Å². The van der Waals surface area contributed by atoms with E-state index >= 15 is 0 Å². The van der Waals surface area contributed by atoms with Crippen molar-refractivity contribution in [2.75, 3.05) is 24.3 Å². The van der Waals surface area contributed by atoms with Gasteiger partial charge >= 0.3 is 0 Å². The fraction of sp³-hybridized carbons (Fsp3) is 0.250. The lowest BCUT2D eigenvalue weighted by Gasteiger charge is -2.17. The Morgan fingerprint density at radius 2 is 1.74 bits per heavy atom. The van der Waals surface area contributed by atoms with Gasteiger partial charge in [0.25, 0.3) is 0 Å². The van der Waals surface area contributed by atoms with Gasteiger partial charge in [0.1, 0.15) is 0 Å². The second-order valence-corrected chi connectivity index (χ2v) is 5.31. The third-order valence-electron chi connectivity index (χ3n) is 3.10. The van der Waals surface area contributed by atoms with Crippen LogP contribution in [0.15, 0.2) is 42.5 Å². The van der Waals surface area contributed by atoms with Gasteiger partial charge in [-0.2, -0.15) is 0 Å². The van der Waals surface area contributed by atoms with Gasteiger partial charge in [-0.25, -0.2) is 0 Å². The van der Waals surface area contributed by atoms with E-state index in [9.17, 15) is 0 Å². The van der Waals surface area contributed by atoms with Crippen LogP contribution in [-0.2, 0) is 6.54 Å². The molecular formula is C16H19ClN2. The molecule has 0 radical (unpaired) electrons. The van der Waals surface area contributed by atoms with Crippen LogP contribution in [0.2, 0.25) is 5.02 Å². The summed E-state index contributed by atoms with van der Waals surface area (Å²) in [5.74, 6) is 0. The van der Waals surface area contributed by atoms with Crippen molar-refractivity contribution < 1.29 is 0 Å². The van der Waals surface area contributed by atoms with Gasteiger partial charge in [0.15, 0.2) is 0 Å². The first-order valence-corrected chi connectivity index (χ1v) is 6.70. The molecule has 0 fully saturated rings. The van der Waals surface area contributed by atoms with Crippen LogP contribution < -0.4 is 10.2 Å². The van der Waals surface area contributed by atoms with Gasteiger partial charge in [-0.15, -0.1) is 0 Å². The number of hydrogen-bond acceptors (Lipinski definition) is 2. The van der Waals surface area contributed by atoms with Crippen LogP contribution in [0.3, 0.4) is 0 Å². The van der Waals surface area contributed by atoms with E-state index in [2.05, 4.69) is 49.4 Å². The average molecular weight is 275 g/mol. The molecule has 2 aromatic rings. The largest absolute Gasteiger partial charge is 0.381 e. The Morgan fingerprint density at radius 3 is 2.37 bits per heavy atom. The van der Waals surface area contributed by atoms with E-state index in [1.54, 1.807) is 0 Å². The second-order valence-electron chi connectivity index (χ2n) is 4.88. The smallest absolute Gasteiger partial charge is 0.0411 e. The Hall–Kier alpha value is -1.67. The van der Waals surface area contributed by atoms with E-state index in [1.165, 1.54) is 16.8 Å². The third kappa shape index (κ3) is 3.65. The molecule has 2 rings (SSSR count). The summed E-state index contributed by atoms with van der Waals surface area (Å²) >= 11 is 5.88. The maximum absolute atomic E-state index is 5.88. The van der Waals surface area contributed by atoms with Crippen LogP contribution in [0.4, 0.5) is 11.4 Å². The molecule has 0 unspecified atom stereocenters. The highest BCUT2D eigenvalue weighted by molar-refractivity contribution is 6.30. The number of nitrogens with zero attached hydrogens (tertiary/aromatic N) is 1. The first-order chi connectivity index (χ1) is 9.06. The molecule has 0 aliphatic rings. The van der Waals surface area contributed by atoms with E-state index in [-0.39, 0.29) is 0 Å². The number of benzene rings is 2. The SMILES string of the molecule is Cc1ccc(NCc2ccc(Cl)cc2)cc1N(C)C. The minimum absolute atomic E-state index is 0.772. The number of aryl methyl sites for hydroxylation is 1. The summed E-state index contributed by atoms with van der Waals surface area (Å²) in [4.78, 5) is 2.13. The quantitative estimate of drug-likeness (QED) is 0.893. The Labute approximate surface area is 120 Å². The molecule has 0 amide bonds. The number of hydrogen-bond donors (Lipinski definition) is 1. The molecule has 3 heteroatoms. The summed E-state index contributed by atoms with van der Waals surface area (Å²) < 4.78 is 0. The van der Waals surface area contributed by atoms with Gasteiger partial charge in [-0.05, 0) is 42.3 Å². The fourth-order valence-corrected chi connectivity index (χ4v) is 2.13. The van der Waals surface area contributed by atoms with E-state index < -0.39 is 0 Å². The molecule has 0 atom stereocenters. The normalized spacial score (nSPS) is 10.3. The summed E-state index contributed by atoms with van der Waals surface area (Å²) in [5, 5.41) is 4.21. The maximum Gasteiger partial charge on any atom is 0.0411 e. The Balaban J connectivity index is 2.07. The van der Waals surface area contributed by atoms with Crippen LogP contribution in [0.1, 0.15) is 11.1 Å². The number of anilines is 2. The molecule has 100 valence electrons. The molecule has 0 saturated heterocycles. The van der Waals surface area contributed by atoms with Crippen molar-refractivity contribution in [3.05, 3.63) is 58.6 Å². The predicted molar refractivity (Wildman–Crippen MR) is 84.3 cm³/mol. The van der Waals surface area contributed by atoms with Gasteiger partial charge < -0.3 is 10.2 Å². The average Bonchev–Trinajstić information content (AvgIpc) is 2.39. The van der Waals surface area contributed by atoms with Gasteiger partial charge in [0.05, 0.1) is 0 Å². The molecule has 0 saturated carbocycles. The third-order valence-corrected chi connectivity index (χ3v) is 3.35. The van der Waals surface area contributed by atoms with Crippen molar-refractivity contribution in [1.29, 1.82) is 0 Å². The second kappa shape index (κ2) is 5.98. The van der Waals surface area contributed by atoms with Crippen LogP contribution in [0, 0.1) is 6.92 Å². The van der Waals surface area contributed by atoms with Crippen molar-refractivity contribution in [2.24, 2.45) is 0 Å². The van der Waals surface area contributed by atoms with Crippen LogP contribution >= 0.6 is 11.6 Å². The highest BCUT2D eigenvalue weighted by atomic mass is 35.5. The topological polar surface area (TPSA) is 15.3 Å². The van der Waals surface area contributed by atoms with Crippen LogP contribution in [-0.4, -0.2) is 14.1 Å². The van der Waals surface area contributed by atoms with Gasteiger partial charge in [0, 0.05) is 37.0 Å². The van der Waals surface area contributed by atoms with E-state index in [1.807, 2.05) is 24.3 Å². The molecule has 1 N–H and O–H groups in total. The molecule has 0 aromatic heterocycles. The van der Waals surface area contributed by atoms with Crippen molar-refractivity contribution >= 4 is 23.0 Å². The highest BCUT2D eigenvalue weighted by Gasteiger charge is 2.02. The molecule has 0 spiro atoms. The molecule has 0 aliphatic heterocycles. The highest BCUT2D eigenvalue weighted by Crippen LogP contribution is 2.23. The predicted octanol–water partition coefficient (Wildman–Crippen LogP) is 4.33. The minimum Gasteiger partial charge on any atom is -0.381 e.